The molecule has 1 heterocycles. The fourth-order valence-corrected chi connectivity index (χ4v) is 1.97. The summed E-state index contributed by atoms with van der Waals surface area (Å²) in [4.78, 5) is 1.33. The lowest BCUT2D eigenvalue weighted by atomic mass is 10.2. The summed E-state index contributed by atoms with van der Waals surface area (Å²) in [7, 11) is 0. The van der Waals surface area contributed by atoms with E-state index >= 15 is 0 Å². The standard InChI is InChI=1S/C9H9NS/c10-8-3-4-9-7(6-8)2-1-5-11-9/h1-4,6H,5,10H2. The summed E-state index contributed by atoms with van der Waals surface area (Å²) in [6, 6.07) is 6.04. The van der Waals surface area contributed by atoms with Gasteiger partial charge in [-0.3, -0.25) is 0 Å². The van der Waals surface area contributed by atoms with Crippen LogP contribution in [0, 0.1) is 0 Å². The van der Waals surface area contributed by atoms with Crippen LogP contribution in [0.1, 0.15) is 5.56 Å². The van der Waals surface area contributed by atoms with Gasteiger partial charge in [0.2, 0.25) is 0 Å². The number of hydrogen-bond acceptors (Lipinski definition) is 2. The molecule has 0 spiro atoms. The van der Waals surface area contributed by atoms with Crippen LogP contribution in [0.4, 0.5) is 5.69 Å². The maximum absolute atomic E-state index is 5.64. The fraction of sp³-hybridized carbons (Fsp3) is 0.111. The van der Waals surface area contributed by atoms with Crippen LogP contribution < -0.4 is 5.73 Å². The van der Waals surface area contributed by atoms with Crippen molar-refractivity contribution >= 4 is 23.5 Å². The molecule has 0 saturated heterocycles. The second-order valence-electron chi connectivity index (χ2n) is 2.51. The highest BCUT2D eigenvalue weighted by atomic mass is 32.2. The largest absolute Gasteiger partial charge is 0.399 e. The van der Waals surface area contributed by atoms with Gasteiger partial charge in [-0.1, -0.05) is 12.2 Å². The number of hydrogen-bond donors (Lipinski definition) is 1. The zero-order valence-corrected chi connectivity index (χ0v) is 6.90. The van der Waals surface area contributed by atoms with Gasteiger partial charge in [0.15, 0.2) is 0 Å². The SMILES string of the molecule is Nc1ccc2c(c1)C=CCS2. The third-order valence-corrected chi connectivity index (χ3v) is 2.71. The Kier molecular flexibility index (Phi) is 1.62. The van der Waals surface area contributed by atoms with Crippen molar-refractivity contribution in [2.75, 3.05) is 11.5 Å². The molecular weight excluding hydrogens is 154 g/mol. The first kappa shape index (κ1) is 6.80. The molecule has 2 N–H and O–H groups in total. The number of anilines is 1. The highest BCUT2D eigenvalue weighted by Gasteiger charge is 2.03. The zero-order valence-electron chi connectivity index (χ0n) is 6.08. The molecule has 0 bridgehead atoms. The lowest BCUT2D eigenvalue weighted by Gasteiger charge is -2.09. The van der Waals surface area contributed by atoms with Crippen molar-refractivity contribution in [3.8, 4) is 0 Å². The lowest BCUT2D eigenvalue weighted by molar-refractivity contribution is 1.40. The molecule has 1 nitrogen and oxygen atoms in total. The minimum absolute atomic E-state index is 0.843. The van der Waals surface area contributed by atoms with Crippen molar-refractivity contribution in [1.29, 1.82) is 0 Å². The van der Waals surface area contributed by atoms with Gasteiger partial charge in [0.25, 0.3) is 0 Å². The molecule has 2 heteroatoms. The number of thioether (sulfide) groups is 1. The molecule has 1 aliphatic rings. The molecule has 56 valence electrons. The van der Waals surface area contributed by atoms with Gasteiger partial charge < -0.3 is 5.73 Å². The highest BCUT2D eigenvalue weighted by molar-refractivity contribution is 7.99. The van der Waals surface area contributed by atoms with E-state index in [-0.39, 0.29) is 0 Å². The van der Waals surface area contributed by atoms with Crippen molar-refractivity contribution in [2.45, 2.75) is 4.90 Å². The Labute approximate surface area is 70.3 Å². The molecule has 0 fully saturated rings. The van der Waals surface area contributed by atoms with Crippen LogP contribution in [0.3, 0.4) is 0 Å². The van der Waals surface area contributed by atoms with Crippen LogP contribution in [-0.4, -0.2) is 5.75 Å². The second-order valence-corrected chi connectivity index (χ2v) is 3.57. The molecule has 1 aromatic rings. The van der Waals surface area contributed by atoms with Gasteiger partial charge >= 0.3 is 0 Å². The highest BCUT2D eigenvalue weighted by Crippen LogP contribution is 2.29. The minimum atomic E-state index is 0.843. The van der Waals surface area contributed by atoms with E-state index in [1.807, 2.05) is 23.9 Å². The molecule has 0 amide bonds. The van der Waals surface area contributed by atoms with E-state index in [1.165, 1.54) is 10.5 Å². The smallest absolute Gasteiger partial charge is 0.0320 e. The van der Waals surface area contributed by atoms with Crippen molar-refractivity contribution in [3.05, 3.63) is 29.8 Å². The van der Waals surface area contributed by atoms with Crippen molar-refractivity contribution in [3.63, 3.8) is 0 Å². The maximum Gasteiger partial charge on any atom is 0.0320 e. The second kappa shape index (κ2) is 2.62. The molecule has 0 unspecified atom stereocenters. The summed E-state index contributed by atoms with van der Waals surface area (Å²) >= 11 is 1.86. The number of nitrogens with two attached hydrogens (primary N) is 1. The van der Waals surface area contributed by atoms with Crippen molar-refractivity contribution in [2.24, 2.45) is 0 Å². The predicted molar refractivity (Wildman–Crippen MR) is 50.6 cm³/mol. The van der Waals surface area contributed by atoms with Gasteiger partial charge in [0, 0.05) is 16.3 Å². The molecule has 1 aliphatic heterocycles. The molecule has 1 aromatic carbocycles. The van der Waals surface area contributed by atoms with E-state index in [9.17, 15) is 0 Å². The van der Waals surface area contributed by atoms with Gasteiger partial charge in [-0.05, 0) is 23.8 Å². The van der Waals surface area contributed by atoms with E-state index in [0.29, 0.717) is 0 Å². The fourth-order valence-electron chi connectivity index (χ4n) is 1.14. The normalized spacial score (nSPS) is 14.5. The molecule has 11 heavy (non-hydrogen) atoms. The molecule has 0 aromatic heterocycles. The topological polar surface area (TPSA) is 26.0 Å². The first-order chi connectivity index (χ1) is 5.36. The first-order valence-corrected chi connectivity index (χ1v) is 4.54. The monoisotopic (exact) mass is 163 g/mol. The van der Waals surface area contributed by atoms with Crippen LogP contribution in [-0.2, 0) is 0 Å². The van der Waals surface area contributed by atoms with Crippen LogP contribution in [0.5, 0.6) is 0 Å². The van der Waals surface area contributed by atoms with Crippen LogP contribution in [0.25, 0.3) is 6.08 Å². The van der Waals surface area contributed by atoms with Crippen molar-refractivity contribution in [1.82, 2.24) is 0 Å². The van der Waals surface area contributed by atoms with Crippen LogP contribution >= 0.6 is 11.8 Å². The van der Waals surface area contributed by atoms with Gasteiger partial charge in [0.1, 0.15) is 0 Å². The number of fused-ring (bicyclic) bond motifs is 1. The Morgan fingerprint density at radius 2 is 2.27 bits per heavy atom. The lowest BCUT2D eigenvalue weighted by Crippen LogP contribution is -1.90. The molecule has 0 radical (unpaired) electrons. The average molecular weight is 163 g/mol. The number of rotatable bonds is 0. The Balaban J connectivity index is 2.54. The molecule has 0 aliphatic carbocycles. The van der Waals surface area contributed by atoms with Crippen LogP contribution in [0.2, 0.25) is 0 Å². The Hall–Kier alpha value is -0.890. The summed E-state index contributed by atoms with van der Waals surface area (Å²) in [6.07, 6.45) is 4.29. The Bertz CT molecular complexity index is 304. The molecule has 2 rings (SSSR count). The van der Waals surface area contributed by atoms with E-state index in [2.05, 4.69) is 18.2 Å². The van der Waals surface area contributed by atoms with Gasteiger partial charge in [-0.2, -0.15) is 0 Å². The van der Waals surface area contributed by atoms with E-state index in [4.69, 9.17) is 5.73 Å². The van der Waals surface area contributed by atoms with Gasteiger partial charge in [-0.25, -0.2) is 0 Å². The average Bonchev–Trinajstić information content (AvgIpc) is 2.04. The third kappa shape index (κ3) is 1.26. The first-order valence-electron chi connectivity index (χ1n) is 3.55. The Morgan fingerprint density at radius 3 is 3.18 bits per heavy atom. The summed E-state index contributed by atoms with van der Waals surface area (Å²) < 4.78 is 0. The minimum Gasteiger partial charge on any atom is -0.399 e. The van der Waals surface area contributed by atoms with E-state index in [1.54, 1.807) is 0 Å². The van der Waals surface area contributed by atoms with E-state index in [0.717, 1.165) is 11.4 Å². The maximum atomic E-state index is 5.64. The van der Waals surface area contributed by atoms with Gasteiger partial charge in [-0.15, -0.1) is 11.8 Å². The number of nitrogen functional groups attached to an aromatic ring is 1. The molecule has 0 saturated carbocycles. The Morgan fingerprint density at radius 1 is 1.36 bits per heavy atom. The van der Waals surface area contributed by atoms with Crippen LogP contribution in [0.15, 0.2) is 29.2 Å². The predicted octanol–water partition coefficient (Wildman–Crippen LogP) is 2.39. The zero-order chi connectivity index (χ0) is 7.68. The van der Waals surface area contributed by atoms with E-state index < -0.39 is 0 Å². The third-order valence-electron chi connectivity index (χ3n) is 1.67. The quantitative estimate of drug-likeness (QED) is 0.594. The summed E-state index contributed by atoms with van der Waals surface area (Å²) in [5, 5.41) is 0. The van der Waals surface area contributed by atoms with Gasteiger partial charge in [0.05, 0.1) is 0 Å². The molecule has 0 atom stereocenters. The summed E-state index contributed by atoms with van der Waals surface area (Å²) in [6.45, 7) is 0. The summed E-state index contributed by atoms with van der Waals surface area (Å²) in [5.74, 6) is 1.08. The van der Waals surface area contributed by atoms with Crippen molar-refractivity contribution < 1.29 is 0 Å². The number of benzene rings is 1. The molecular formula is C9H9NS. The summed E-state index contributed by atoms with van der Waals surface area (Å²) in [5.41, 5.74) is 7.73.